The van der Waals surface area contributed by atoms with Gasteiger partial charge in [0.05, 0.1) is 4.87 Å². The van der Waals surface area contributed by atoms with Gasteiger partial charge in [-0.1, -0.05) is 18.2 Å². The van der Waals surface area contributed by atoms with Crippen molar-refractivity contribution in [3.63, 3.8) is 0 Å². The second-order valence-corrected chi connectivity index (χ2v) is 8.44. The molecule has 82 valence electrons. The van der Waals surface area contributed by atoms with Crippen molar-refractivity contribution in [2.45, 2.75) is 21.3 Å². The van der Waals surface area contributed by atoms with Gasteiger partial charge < -0.3 is 0 Å². The molecule has 0 saturated heterocycles. The summed E-state index contributed by atoms with van der Waals surface area (Å²) in [6.45, 7) is 1.68. The highest BCUT2D eigenvalue weighted by Gasteiger charge is 2.49. The molecule has 0 saturated carbocycles. The van der Waals surface area contributed by atoms with Crippen LogP contribution in [0, 0.1) is 0 Å². The van der Waals surface area contributed by atoms with Crippen LogP contribution in [0.2, 0.25) is 0 Å². The highest BCUT2D eigenvalue weighted by Crippen LogP contribution is 2.54. The van der Waals surface area contributed by atoms with Crippen LogP contribution in [0.15, 0.2) is 29.2 Å². The molecule has 0 N–H and O–H groups in total. The molecule has 2 nitrogen and oxygen atoms in total. The Kier molecular flexibility index (Phi) is 2.74. The van der Waals surface area contributed by atoms with Crippen molar-refractivity contribution in [2.75, 3.05) is 0 Å². The zero-order chi connectivity index (χ0) is 11.3. The lowest BCUT2D eigenvalue weighted by molar-refractivity contribution is 0.594. The summed E-state index contributed by atoms with van der Waals surface area (Å²) in [5, 5.41) is 0. The molecule has 0 bridgehead atoms. The van der Waals surface area contributed by atoms with Gasteiger partial charge in [-0.05, 0) is 18.6 Å². The molecule has 15 heavy (non-hydrogen) atoms. The van der Waals surface area contributed by atoms with E-state index in [9.17, 15) is 8.42 Å². The number of hydrogen-bond donors (Lipinski definition) is 0. The number of fused-ring (bicyclic) bond motifs is 1. The Morgan fingerprint density at radius 2 is 2.00 bits per heavy atom. The third-order valence-electron chi connectivity index (χ3n) is 2.35. The minimum absolute atomic E-state index is 0.825. The lowest BCUT2D eigenvalue weighted by Crippen LogP contribution is -2.28. The molecule has 0 radical (unpaired) electrons. The molecule has 2 rings (SSSR count). The minimum Gasteiger partial charge on any atom is -0.211 e. The van der Waals surface area contributed by atoms with Crippen LogP contribution in [-0.2, 0) is 13.9 Å². The third-order valence-corrected chi connectivity index (χ3v) is 7.21. The van der Waals surface area contributed by atoms with Gasteiger partial charge in [-0.15, -0.1) is 23.4 Å². The first kappa shape index (κ1) is 11.6. The van der Waals surface area contributed by atoms with Crippen LogP contribution in [0.3, 0.4) is 0 Å². The van der Waals surface area contributed by atoms with Gasteiger partial charge in [-0.2, -0.15) is 0 Å². The topological polar surface area (TPSA) is 34.1 Å². The maximum absolute atomic E-state index is 11.4. The van der Waals surface area contributed by atoms with E-state index in [4.69, 9.17) is 22.3 Å². The summed E-state index contributed by atoms with van der Waals surface area (Å²) in [6.07, 6.45) is 0. The van der Waals surface area contributed by atoms with E-state index in [0.29, 0.717) is 0 Å². The second kappa shape index (κ2) is 3.55. The van der Waals surface area contributed by atoms with Gasteiger partial charge in [0.1, 0.15) is 4.58 Å². The van der Waals surface area contributed by atoms with E-state index in [0.717, 1.165) is 10.5 Å². The maximum Gasteiger partial charge on any atom is 0.247 e. The van der Waals surface area contributed by atoms with Gasteiger partial charge in [0.25, 0.3) is 0 Å². The SMILES string of the molecule is CC1(Cl)c2ccccc2SC1S(=O)(=O)Cl. The predicted octanol–water partition coefficient (Wildman–Crippen LogP) is 3.14. The van der Waals surface area contributed by atoms with Crippen molar-refractivity contribution < 1.29 is 8.42 Å². The lowest BCUT2D eigenvalue weighted by Gasteiger charge is -2.21. The van der Waals surface area contributed by atoms with Crippen LogP contribution in [0.4, 0.5) is 0 Å². The Labute approximate surface area is 102 Å². The van der Waals surface area contributed by atoms with Crippen LogP contribution < -0.4 is 0 Å². The fourth-order valence-corrected chi connectivity index (χ4v) is 5.92. The van der Waals surface area contributed by atoms with E-state index in [2.05, 4.69) is 0 Å². The largest absolute Gasteiger partial charge is 0.247 e. The summed E-state index contributed by atoms with van der Waals surface area (Å²) < 4.78 is 21.9. The van der Waals surface area contributed by atoms with Gasteiger partial charge in [0, 0.05) is 15.6 Å². The van der Waals surface area contributed by atoms with Crippen LogP contribution in [0.1, 0.15) is 12.5 Å². The molecule has 0 amide bonds. The first-order chi connectivity index (χ1) is 6.83. The van der Waals surface area contributed by atoms with Crippen LogP contribution in [-0.4, -0.2) is 13.0 Å². The van der Waals surface area contributed by atoms with Crippen molar-refractivity contribution in [3.05, 3.63) is 29.8 Å². The summed E-state index contributed by atoms with van der Waals surface area (Å²) in [7, 11) is 1.71. The molecule has 0 aromatic heterocycles. The normalized spacial score (nSPS) is 30.2. The number of alkyl halides is 1. The summed E-state index contributed by atoms with van der Waals surface area (Å²) in [4.78, 5) is -0.0776. The molecule has 2 unspecified atom stereocenters. The predicted molar refractivity (Wildman–Crippen MR) is 64.1 cm³/mol. The highest BCUT2D eigenvalue weighted by molar-refractivity contribution is 8.24. The summed E-state index contributed by atoms with van der Waals surface area (Å²) in [5.74, 6) is 0. The molecular weight excluding hydrogens is 275 g/mol. The molecule has 1 aliphatic heterocycles. The quantitative estimate of drug-likeness (QED) is 0.586. The van der Waals surface area contributed by atoms with E-state index in [-0.39, 0.29) is 0 Å². The number of thioether (sulfide) groups is 1. The Morgan fingerprint density at radius 3 is 2.53 bits per heavy atom. The smallest absolute Gasteiger partial charge is 0.211 e. The minimum atomic E-state index is -3.67. The van der Waals surface area contributed by atoms with Crippen LogP contribution in [0.5, 0.6) is 0 Å². The fourth-order valence-electron chi connectivity index (χ4n) is 1.65. The zero-order valence-electron chi connectivity index (χ0n) is 7.78. The van der Waals surface area contributed by atoms with Crippen molar-refractivity contribution >= 4 is 43.1 Å². The molecule has 0 aliphatic carbocycles. The van der Waals surface area contributed by atoms with E-state index in [1.807, 2.05) is 24.3 Å². The Morgan fingerprint density at radius 1 is 1.40 bits per heavy atom. The average Bonchev–Trinajstić information content (AvgIpc) is 2.39. The van der Waals surface area contributed by atoms with Crippen molar-refractivity contribution in [1.29, 1.82) is 0 Å². The zero-order valence-corrected chi connectivity index (χ0v) is 10.9. The standard InChI is InChI=1S/C9H8Cl2O2S2/c1-9(10)6-4-2-3-5-7(6)14-8(9)15(11,12)13/h2-5,8H,1H3. The Bertz CT molecular complexity index is 497. The average molecular weight is 283 g/mol. The molecule has 1 heterocycles. The Hall–Kier alpha value is 0.1000. The van der Waals surface area contributed by atoms with Gasteiger partial charge in [0.2, 0.25) is 9.05 Å². The highest BCUT2D eigenvalue weighted by atomic mass is 35.7. The monoisotopic (exact) mass is 282 g/mol. The molecule has 1 aromatic carbocycles. The summed E-state index contributed by atoms with van der Waals surface area (Å²) >= 11 is 7.46. The van der Waals surface area contributed by atoms with E-state index in [1.165, 1.54) is 11.8 Å². The van der Waals surface area contributed by atoms with Crippen molar-refractivity contribution in [3.8, 4) is 0 Å². The fraction of sp³-hybridized carbons (Fsp3) is 0.333. The van der Waals surface area contributed by atoms with Gasteiger partial charge >= 0.3 is 0 Å². The molecular formula is C9H8Cl2O2S2. The van der Waals surface area contributed by atoms with E-state index < -0.39 is 18.5 Å². The molecule has 6 heteroatoms. The maximum atomic E-state index is 11.4. The number of rotatable bonds is 1. The number of halogens is 2. The summed E-state index contributed by atoms with van der Waals surface area (Å²) in [5.41, 5.74) is 0.825. The molecule has 0 spiro atoms. The van der Waals surface area contributed by atoms with E-state index >= 15 is 0 Å². The van der Waals surface area contributed by atoms with Crippen LogP contribution in [0.25, 0.3) is 0 Å². The van der Waals surface area contributed by atoms with E-state index in [1.54, 1.807) is 6.92 Å². The lowest BCUT2D eigenvalue weighted by atomic mass is 10.0. The third kappa shape index (κ3) is 1.88. The number of hydrogen-bond acceptors (Lipinski definition) is 3. The van der Waals surface area contributed by atoms with Crippen LogP contribution >= 0.6 is 34.0 Å². The first-order valence-corrected chi connectivity index (χ1v) is 7.85. The number of benzene rings is 1. The molecule has 1 aromatic rings. The molecule has 1 aliphatic rings. The second-order valence-electron chi connectivity index (χ2n) is 3.50. The molecule has 0 fully saturated rings. The first-order valence-electron chi connectivity index (χ1n) is 4.22. The van der Waals surface area contributed by atoms with Crippen molar-refractivity contribution in [1.82, 2.24) is 0 Å². The van der Waals surface area contributed by atoms with Gasteiger partial charge in [-0.25, -0.2) is 8.42 Å². The van der Waals surface area contributed by atoms with Crippen molar-refractivity contribution in [2.24, 2.45) is 0 Å². The Balaban J connectivity index is 2.57. The van der Waals surface area contributed by atoms with Gasteiger partial charge in [0.15, 0.2) is 0 Å². The van der Waals surface area contributed by atoms with Gasteiger partial charge in [-0.3, -0.25) is 0 Å². The summed E-state index contributed by atoms with van der Waals surface area (Å²) in [6, 6.07) is 7.37. The molecule has 2 atom stereocenters.